The first-order valence-corrected chi connectivity index (χ1v) is 9.55. The summed E-state index contributed by atoms with van der Waals surface area (Å²) in [5.74, 6) is 0. The van der Waals surface area contributed by atoms with Gasteiger partial charge in [0.15, 0.2) is 0 Å². The Balaban J connectivity index is 2.15. The first-order valence-electron chi connectivity index (χ1n) is 8.79. The van der Waals surface area contributed by atoms with Crippen LogP contribution in [-0.4, -0.2) is 12.6 Å². The molecule has 1 aliphatic rings. The average molecular weight is 397 g/mol. The number of benzene rings is 2. The van der Waals surface area contributed by atoms with Gasteiger partial charge in [0.25, 0.3) is 0 Å². The molecule has 1 heterocycles. The molecule has 0 fully saturated rings. The highest BCUT2D eigenvalue weighted by atomic mass is 35.5. The molecule has 3 rings (SSSR count). The number of fused-ring (bicyclic) bond motifs is 1. The van der Waals surface area contributed by atoms with E-state index in [9.17, 15) is 5.26 Å². The Hall–Kier alpha value is -2.21. The number of rotatable bonds is 2. The monoisotopic (exact) mass is 396 g/mol. The topological polar surface area (TPSA) is 27.0 Å². The maximum Gasteiger partial charge on any atom is 0.0998 e. The second-order valence-electron chi connectivity index (χ2n) is 7.56. The highest BCUT2D eigenvalue weighted by Crippen LogP contribution is 2.40. The van der Waals surface area contributed by atoms with Gasteiger partial charge < -0.3 is 4.90 Å². The lowest BCUT2D eigenvalue weighted by atomic mass is 9.87. The van der Waals surface area contributed by atoms with Gasteiger partial charge in [0.2, 0.25) is 0 Å². The first kappa shape index (κ1) is 19.5. The van der Waals surface area contributed by atoms with E-state index in [4.69, 9.17) is 23.2 Å². The zero-order valence-electron chi connectivity index (χ0n) is 16.2. The van der Waals surface area contributed by atoms with Gasteiger partial charge in [-0.15, -0.1) is 0 Å². The zero-order chi connectivity index (χ0) is 19.9. The second kappa shape index (κ2) is 7.08. The molecule has 0 N–H and O–H groups in total. The molecule has 0 bridgehead atoms. The van der Waals surface area contributed by atoms with Crippen LogP contribution in [0.4, 0.5) is 5.69 Å². The van der Waals surface area contributed by atoms with Crippen molar-refractivity contribution in [3.05, 3.63) is 68.7 Å². The summed E-state index contributed by atoms with van der Waals surface area (Å²) in [5.41, 5.74) is 6.94. The van der Waals surface area contributed by atoms with Crippen LogP contribution < -0.4 is 4.90 Å². The van der Waals surface area contributed by atoms with Crippen LogP contribution >= 0.6 is 23.2 Å². The van der Waals surface area contributed by atoms with Gasteiger partial charge in [-0.1, -0.05) is 35.3 Å². The summed E-state index contributed by atoms with van der Waals surface area (Å²) in [7, 11) is 2.12. The van der Waals surface area contributed by atoms with Crippen LogP contribution in [-0.2, 0) is 0 Å². The van der Waals surface area contributed by atoms with Gasteiger partial charge in [-0.3, -0.25) is 0 Å². The number of nitrogens with zero attached hydrogens (tertiary/aromatic N) is 2. The summed E-state index contributed by atoms with van der Waals surface area (Å²) in [6, 6.07) is 11.8. The van der Waals surface area contributed by atoms with Gasteiger partial charge in [-0.2, -0.15) is 5.26 Å². The molecular formula is C23H22Cl2N2. The van der Waals surface area contributed by atoms with E-state index < -0.39 is 0 Å². The van der Waals surface area contributed by atoms with Gasteiger partial charge >= 0.3 is 0 Å². The van der Waals surface area contributed by atoms with E-state index in [2.05, 4.69) is 63.9 Å². The molecule has 0 amide bonds. The van der Waals surface area contributed by atoms with Crippen LogP contribution in [0.2, 0.25) is 10.0 Å². The highest BCUT2D eigenvalue weighted by Gasteiger charge is 2.28. The molecule has 0 aromatic heterocycles. The second-order valence-corrected chi connectivity index (χ2v) is 8.40. The van der Waals surface area contributed by atoms with Crippen molar-refractivity contribution in [2.24, 2.45) is 0 Å². The number of hydrogen-bond donors (Lipinski definition) is 0. The number of allylic oxidation sites excluding steroid dienone is 2. The minimum Gasteiger partial charge on any atom is -0.365 e. The smallest absolute Gasteiger partial charge is 0.0998 e. The van der Waals surface area contributed by atoms with E-state index in [-0.39, 0.29) is 5.54 Å². The molecule has 1 aliphatic heterocycles. The molecule has 0 aliphatic carbocycles. The molecule has 0 radical (unpaired) electrons. The average Bonchev–Trinajstić information content (AvgIpc) is 2.59. The summed E-state index contributed by atoms with van der Waals surface area (Å²) < 4.78 is 0. The fraction of sp³-hybridized carbons (Fsp3) is 0.261. The third kappa shape index (κ3) is 3.63. The zero-order valence-corrected chi connectivity index (χ0v) is 17.7. The number of hydrogen-bond acceptors (Lipinski definition) is 2. The van der Waals surface area contributed by atoms with E-state index >= 15 is 0 Å². The van der Waals surface area contributed by atoms with Gasteiger partial charge in [0, 0.05) is 28.9 Å². The Kier molecular flexibility index (Phi) is 5.12. The SMILES string of the molecule is CC1=CC(C)(C)N(C)c2cc(C)c(/C=C(\C#N)c3ccc(Cl)cc3Cl)cc21. The Morgan fingerprint density at radius 1 is 1.15 bits per heavy atom. The molecule has 0 spiro atoms. The Labute approximate surface area is 171 Å². The Bertz CT molecular complexity index is 1020. The van der Waals surface area contributed by atoms with E-state index in [0.717, 1.165) is 11.1 Å². The first-order chi connectivity index (χ1) is 12.6. The van der Waals surface area contributed by atoms with Gasteiger partial charge in [-0.05, 0) is 74.7 Å². The Morgan fingerprint density at radius 3 is 2.48 bits per heavy atom. The standard InChI is InChI=1S/C23H22Cl2N2/c1-14-8-22-20(15(2)12-23(3,4)27(22)5)10-16(14)9-17(13-26)19-7-6-18(24)11-21(19)25/h6-12H,1-5H3/b17-9+. The van der Waals surface area contributed by atoms with E-state index in [1.807, 2.05) is 6.08 Å². The maximum atomic E-state index is 9.70. The third-order valence-corrected chi connectivity index (χ3v) is 5.79. The molecule has 0 atom stereocenters. The van der Waals surface area contributed by atoms with Crippen molar-refractivity contribution < 1.29 is 0 Å². The molecule has 2 aromatic carbocycles. The lowest BCUT2D eigenvalue weighted by Gasteiger charge is -2.41. The quantitative estimate of drug-likeness (QED) is 0.403. The number of halogens is 2. The number of nitriles is 1. The normalized spacial score (nSPS) is 15.9. The van der Waals surface area contributed by atoms with Gasteiger partial charge in [0.1, 0.15) is 0 Å². The maximum absolute atomic E-state index is 9.70. The summed E-state index contributed by atoms with van der Waals surface area (Å²) in [6.45, 7) is 8.62. The van der Waals surface area contributed by atoms with Crippen molar-refractivity contribution in [2.75, 3.05) is 11.9 Å². The van der Waals surface area contributed by atoms with Crippen molar-refractivity contribution in [1.29, 1.82) is 5.26 Å². The minimum absolute atomic E-state index is 0.0322. The van der Waals surface area contributed by atoms with E-state index in [0.29, 0.717) is 21.2 Å². The Morgan fingerprint density at radius 2 is 1.85 bits per heavy atom. The van der Waals surface area contributed by atoms with Crippen LogP contribution in [0.5, 0.6) is 0 Å². The molecule has 0 saturated heterocycles. The van der Waals surface area contributed by atoms with Gasteiger partial charge in [0.05, 0.1) is 22.2 Å². The molecule has 2 aromatic rings. The fourth-order valence-electron chi connectivity index (χ4n) is 3.51. The summed E-state index contributed by atoms with van der Waals surface area (Å²) in [6.07, 6.45) is 4.18. The molecule has 138 valence electrons. The predicted octanol–water partition coefficient (Wildman–Crippen LogP) is 7.00. The summed E-state index contributed by atoms with van der Waals surface area (Å²) in [5, 5.41) is 10.7. The van der Waals surface area contributed by atoms with Crippen LogP contribution in [0.1, 0.15) is 43.0 Å². The number of likely N-dealkylation sites (N-methyl/N-ethyl adjacent to an activating group) is 1. The molecule has 4 heteroatoms. The molecular weight excluding hydrogens is 375 g/mol. The van der Waals surface area contributed by atoms with Crippen LogP contribution in [0.15, 0.2) is 36.4 Å². The van der Waals surface area contributed by atoms with Crippen molar-refractivity contribution in [3.8, 4) is 6.07 Å². The molecule has 27 heavy (non-hydrogen) atoms. The molecule has 0 unspecified atom stereocenters. The molecule has 0 saturated carbocycles. The predicted molar refractivity (Wildman–Crippen MR) is 117 cm³/mol. The third-order valence-electron chi connectivity index (χ3n) is 5.25. The highest BCUT2D eigenvalue weighted by molar-refractivity contribution is 6.36. The van der Waals surface area contributed by atoms with Crippen molar-refractivity contribution in [3.63, 3.8) is 0 Å². The van der Waals surface area contributed by atoms with E-state index in [1.165, 1.54) is 16.8 Å². The lowest BCUT2D eigenvalue weighted by Crippen LogP contribution is -2.42. The van der Waals surface area contributed by atoms with Crippen LogP contribution in [0.25, 0.3) is 17.2 Å². The van der Waals surface area contributed by atoms with Crippen molar-refractivity contribution >= 4 is 46.1 Å². The largest absolute Gasteiger partial charge is 0.365 e. The number of aryl methyl sites for hydroxylation is 1. The van der Waals surface area contributed by atoms with Gasteiger partial charge in [-0.25, -0.2) is 0 Å². The lowest BCUT2D eigenvalue weighted by molar-refractivity contribution is 0.597. The number of anilines is 1. The molecule has 2 nitrogen and oxygen atoms in total. The summed E-state index contributed by atoms with van der Waals surface area (Å²) in [4.78, 5) is 2.29. The van der Waals surface area contributed by atoms with Crippen LogP contribution in [0, 0.1) is 18.3 Å². The van der Waals surface area contributed by atoms with Crippen LogP contribution in [0.3, 0.4) is 0 Å². The fourth-order valence-corrected chi connectivity index (χ4v) is 4.02. The van der Waals surface area contributed by atoms with Crippen molar-refractivity contribution in [2.45, 2.75) is 33.2 Å². The minimum atomic E-state index is -0.0322. The van der Waals surface area contributed by atoms with Crippen molar-refractivity contribution in [1.82, 2.24) is 0 Å². The summed E-state index contributed by atoms with van der Waals surface area (Å²) >= 11 is 12.3. The van der Waals surface area contributed by atoms with E-state index in [1.54, 1.807) is 18.2 Å².